The molecule has 1 aromatic carbocycles. The molecule has 114 valence electrons. The highest BCUT2D eigenvalue weighted by Crippen LogP contribution is 2.09. The summed E-state index contributed by atoms with van der Waals surface area (Å²) in [5.74, 6) is -2.33. The molecule has 1 aliphatic rings. The molecular formula is C13H15FN2O4S. The number of nitrogens with zero attached hydrogens (tertiary/aromatic N) is 1. The van der Waals surface area contributed by atoms with Crippen molar-refractivity contribution < 1.29 is 22.4 Å². The zero-order valence-corrected chi connectivity index (χ0v) is 12.0. The van der Waals surface area contributed by atoms with E-state index < -0.39 is 27.3 Å². The van der Waals surface area contributed by atoms with Gasteiger partial charge in [-0.3, -0.25) is 9.59 Å². The Morgan fingerprint density at radius 3 is 2.57 bits per heavy atom. The molecule has 1 heterocycles. The predicted octanol–water partition coefficient (Wildman–Crippen LogP) is -0.301. The highest BCUT2D eigenvalue weighted by atomic mass is 32.2. The van der Waals surface area contributed by atoms with Crippen LogP contribution in [0.1, 0.15) is 5.56 Å². The Balaban J connectivity index is 1.98. The summed E-state index contributed by atoms with van der Waals surface area (Å²) in [5, 5.41) is 2.56. The van der Waals surface area contributed by atoms with E-state index >= 15 is 0 Å². The van der Waals surface area contributed by atoms with E-state index in [1.54, 1.807) is 0 Å². The summed E-state index contributed by atoms with van der Waals surface area (Å²) in [6.45, 7) is 0.504. The third-order valence-corrected chi connectivity index (χ3v) is 4.49. The van der Waals surface area contributed by atoms with E-state index in [0.29, 0.717) is 18.7 Å². The average Bonchev–Trinajstić information content (AvgIpc) is 2.40. The van der Waals surface area contributed by atoms with Crippen LogP contribution in [0, 0.1) is 5.82 Å². The van der Waals surface area contributed by atoms with E-state index in [1.807, 2.05) is 0 Å². The lowest BCUT2D eigenvalue weighted by Crippen LogP contribution is -2.51. The molecule has 0 spiro atoms. The molecule has 0 aromatic heterocycles. The molecule has 1 aromatic rings. The van der Waals surface area contributed by atoms with Crippen LogP contribution in [0.2, 0.25) is 0 Å². The van der Waals surface area contributed by atoms with Gasteiger partial charge < -0.3 is 10.2 Å². The van der Waals surface area contributed by atoms with Gasteiger partial charge in [0, 0.05) is 13.1 Å². The number of carbonyl (C=O) groups excluding carboxylic acids is 2. The maximum absolute atomic E-state index is 12.8. The molecule has 0 atom stereocenters. The fourth-order valence-electron chi connectivity index (χ4n) is 2.02. The van der Waals surface area contributed by atoms with Crippen molar-refractivity contribution in [2.75, 3.05) is 25.4 Å². The minimum atomic E-state index is -3.66. The van der Waals surface area contributed by atoms with Crippen molar-refractivity contribution in [1.82, 2.24) is 10.2 Å². The molecule has 2 amide bonds. The molecule has 1 N–H and O–H groups in total. The SMILES string of the molecule is O=C1CN(C(=O)CS(=O)(=O)Cc2ccc(F)cc2)CCN1. The summed E-state index contributed by atoms with van der Waals surface area (Å²) in [6.07, 6.45) is 0. The second kappa shape index (κ2) is 6.21. The van der Waals surface area contributed by atoms with Crippen LogP contribution >= 0.6 is 0 Å². The number of piperazine rings is 1. The lowest BCUT2D eigenvalue weighted by Gasteiger charge is -2.26. The quantitative estimate of drug-likeness (QED) is 0.827. The molecule has 1 fully saturated rings. The molecule has 0 aliphatic carbocycles. The van der Waals surface area contributed by atoms with Crippen LogP contribution in [0.4, 0.5) is 4.39 Å². The Hall–Kier alpha value is -1.96. The predicted molar refractivity (Wildman–Crippen MR) is 73.5 cm³/mol. The molecule has 21 heavy (non-hydrogen) atoms. The van der Waals surface area contributed by atoms with Crippen molar-refractivity contribution in [2.24, 2.45) is 0 Å². The highest BCUT2D eigenvalue weighted by Gasteiger charge is 2.25. The van der Waals surface area contributed by atoms with Gasteiger partial charge in [0.2, 0.25) is 11.8 Å². The van der Waals surface area contributed by atoms with Crippen molar-refractivity contribution in [1.29, 1.82) is 0 Å². The summed E-state index contributed by atoms with van der Waals surface area (Å²) in [7, 11) is -3.66. The van der Waals surface area contributed by atoms with Crippen LogP contribution < -0.4 is 5.32 Å². The Morgan fingerprint density at radius 2 is 1.95 bits per heavy atom. The minimum absolute atomic E-state index is 0.120. The molecule has 1 saturated heterocycles. The zero-order chi connectivity index (χ0) is 15.5. The Labute approximate surface area is 121 Å². The molecule has 0 radical (unpaired) electrons. The van der Waals surface area contributed by atoms with E-state index in [9.17, 15) is 22.4 Å². The first-order valence-electron chi connectivity index (χ1n) is 6.35. The van der Waals surface area contributed by atoms with Gasteiger partial charge in [0.25, 0.3) is 0 Å². The molecule has 0 unspecified atom stereocenters. The molecular weight excluding hydrogens is 299 g/mol. The average molecular weight is 314 g/mol. The van der Waals surface area contributed by atoms with Gasteiger partial charge in [-0.1, -0.05) is 12.1 Å². The highest BCUT2D eigenvalue weighted by molar-refractivity contribution is 7.91. The first-order chi connectivity index (χ1) is 9.85. The van der Waals surface area contributed by atoms with Crippen LogP contribution in [-0.2, 0) is 25.2 Å². The monoisotopic (exact) mass is 314 g/mol. The van der Waals surface area contributed by atoms with E-state index in [0.717, 1.165) is 0 Å². The number of amides is 2. The molecule has 6 nitrogen and oxygen atoms in total. The van der Waals surface area contributed by atoms with Crippen LogP contribution in [0.15, 0.2) is 24.3 Å². The second-order valence-corrected chi connectivity index (χ2v) is 6.89. The van der Waals surface area contributed by atoms with E-state index in [4.69, 9.17) is 0 Å². The third-order valence-electron chi connectivity index (χ3n) is 3.03. The van der Waals surface area contributed by atoms with Crippen molar-refractivity contribution in [2.45, 2.75) is 5.75 Å². The zero-order valence-electron chi connectivity index (χ0n) is 11.2. The van der Waals surface area contributed by atoms with Gasteiger partial charge in [0.05, 0.1) is 12.3 Å². The van der Waals surface area contributed by atoms with Gasteiger partial charge in [-0.15, -0.1) is 0 Å². The second-order valence-electron chi connectivity index (χ2n) is 4.82. The lowest BCUT2D eigenvalue weighted by atomic mass is 10.2. The Kier molecular flexibility index (Phi) is 4.56. The number of sulfone groups is 1. The van der Waals surface area contributed by atoms with Gasteiger partial charge in [-0.25, -0.2) is 12.8 Å². The fraction of sp³-hybridized carbons (Fsp3) is 0.385. The van der Waals surface area contributed by atoms with Gasteiger partial charge in [0.1, 0.15) is 11.6 Å². The standard InChI is InChI=1S/C13H15FN2O4S/c14-11-3-1-10(2-4-11)8-21(19,20)9-13(18)16-6-5-15-12(17)7-16/h1-4H,5-9H2,(H,15,17). The van der Waals surface area contributed by atoms with E-state index in [2.05, 4.69) is 5.32 Å². The molecule has 1 aliphatic heterocycles. The first-order valence-corrected chi connectivity index (χ1v) is 8.17. The van der Waals surface area contributed by atoms with Crippen LogP contribution in [0.5, 0.6) is 0 Å². The number of hydrogen-bond donors (Lipinski definition) is 1. The van der Waals surface area contributed by atoms with E-state index in [-0.39, 0.29) is 18.2 Å². The Bertz CT molecular complexity index is 643. The number of halogens is 1. The van der Waals surface area contributed by atoms with Crippen LogP contribution in [0.3, 0.4) is 0 Å². The van der Waals surface area contributed by atoms with Gasteiger partial charge in [-0.2, -0.15) is 0 Å². The summed E-state index contributed by atoms with van der Waals surface area (Å²) < 4.78 is 36.7. The molecule has 2 rings (SSSR count). The third kappa shape index (κ3) is 4.52. The Morgan fingerprint density at radius 1 is 1.29 bits per heavy atom. The smallest absolute Gasteiger partial charge is 0.239 e. The summed E-state index contributed by atoms with van der Waals surface area (Å²) in [6, 6.07) is 5.07. The van der Waals surface area contributed by atoms with Crippen molar-refractivity contribution in [3.63, 3.8) is 0 Å². The number of benzene rings is 1. The number of hydrogen-bond acceptors (Lipinski definition) is 4. The topological polar surface area (TPSA) is 83.6 Å². The number of rotatable bonds is 4. The van der Waals surface area contributed by atoms with Gasteiger partial charge >= 0.3 is 0 Å². The normalized spacial score (nSPS) is 15.7. The molecule has 8 heteroatoms. The number of carbonyl (C=O) groups is 2. The summed E-state index contributed by atoms with van der Waals surface area (Å²) in [4.78, 5) is 24.3. The maximum Gasteiger partial charge on any atom is 0.239 e. The van der Waals surface area contributed by atoms with Crippen molar-refractivity contribution >= 4 is 21.7 Å². The summed E-state index contributed by atoms with van der Waals surface area (Å²) in [5.41, 5.74) is 0.417. The molecule has 0 bridgehead atoms. The minimum Gasteiger partial charge on any atom is -0.353 e. The van der Waals surface area contributed by atoms with Crippen molar-refractivity contribution in [3.8, 4) is 0 Å². The van der Waals surface area contributed by atoms with Crippen molar-refractivity contribution in [3.05, 3.63) is 35.6 Å². The van der Waals surface area contributed by atoms with E-state index in [1.165, 1.54) is 29.2 Å². The maximum atomic E-state index is 12.8. The fourth-order valence-corrected chi connectivity index (χ4v) is 3.38. The molecule has 0 saturated carbocycles. The lowest BCUT2D eigenvalue weighted by molar-refractivity contribution is -0.136. The largest absolute Gasteiger partial charge is 0.353 e. The van der Waals surface area contributed by atoms with Crippen LogP contribution in [0.25, 0.3) is 0 Å². The van der Waals surface area contributed by atoms with Crippen LogP contribution in [-0.4, -0.2) is 50.5 Å². The number of nitrogens with one attached hydrogen (secondary N) is 1. The van der Waals surface area contributed by atoms with Gasteiger partial charge in [-0.05, 0) is 17.7 Å². The summed E-state index contributed by atoms with van der Waals surface area (Å²) >= 11 is 0. The van der Waals surface area contributed by atoms with Gasteiger partial charge in [0.15, 0.2) is 9.84 Å². The first kappa shape index (κ1) is 15.4.